The number of carbonyl (C=O) groups is 5. The van der Waals surface area contributed by atoms with Crippen molar-refractivity contribution in [1.29, 1.82) is 0 Å². The number of likely N-dealkylation sites (tertiary alicyclic amines) is 1. The van der Waals surface area contributed by atoms with Crippen molar-refractivity contribution in [1.82, 2.24) is 44.5 Å². The highest BCUT2D eigenvalue weighted by Crippen LogP contribution is 2.13. The molecule has 1 N–H and O–H groups in total. The Bertz CT molecular complexity index is 1030. The number of urea groups is 3. The quantitative estimate of drug-likeness (QED) is 0.404. The Labute approximate surface area is 308 Å². The number of nitrogens with zero attached hydrogens (tertiary/aromatic N) is 8. The van der Waals surface area contributed by atoms with E-state index in [0.29, 0.717) is 36.7 Å². The molecule has 15 nitrogen and oxygen atoms in total. The van der Waals surface area contributed by atoms with E-state index in [0.717, 1.165) is 78.3 Å². The van der Waals surface area contributed by atoms with Crippen LogP contribution in [0.25, 0.3) is 0 Å². The van der Waals surface area contributed by atoms with Crippen molar-refractivity contribution in [2.24, 2.45) is 0 Å². The maximum atomic E-state index is 11.8. The maximum absolute atomic E-state index is 11.8. The Morgan fingerprint density at radius 2 is 1.16 bits per heavy atom. The number of amides is 8. The second kappa shape index (κ2) is 22.4. The van der Waals surface area contributed by atoms with Crippen LogP contribution in [0, 0.1) is 0 Å². The molecule has 0 unspecified atom stereocenters. The van der Waals surface area contributed by atoms with E-state index in [1.807, 2.05) is 87.2 Å². The number of cyclic esters (lactones) is 1. The number of carbonyl (C=O) groups excluding carboxylic acids is 5. The Morgan fingerprint density at radius 3 is 1.43 bits per heavy atom. The lowest BCUT2D eigenvalue weighted by Crippen LogP contribution is -2.38. The lowest BCUT2D eigenvalue weighted by Gasteiger charge is -2.22. The van der Waals surface area contributed by atoms with Gasteiger partial charge in [0.1, 0.15) is 6.61 Å². The van der Waals surface area contributed by atoms with Gasteiger partial charge in [0.25, 0.3) is 0 Å². The summed E-state index contributed by atoms with van der Waals surface area (Å²) in [5, 5.41) is 2.74. The van der Waals surface area contributed by atoms with Gasteiger partial charge in [-0.15, -0.1) is 0 Å². The van der Waals surface area contributed by atoms with Crippen molar-refractivity contribution in [3.63, 3.8) is 0 Å². The third-order valence-corrected chi connectivity index (χ3v) is 9.10. The normalized spacial score (nSPS) is 18.9. The van der Waals surface area contributed by atoms with Crippen molar-refractivity contribution in [2.45, 2.75) is 112 Å². The van der Waals surface area contributed by atoms with Crippen LogP contribution in [-0.2, 0) is 9.53 Å². The summed E-state index contributed by atoms with van der Waals surface area (Å²) in [7, 11) is 5.90. The highest BCUT2D eigenvalue weighted by Gasteiger charge is 2.30. The molecule has 0 spiro atoms. The van der Waals surface area contributed by atoms with Gasteiger partial charge in [-0.25, -0.2) is 19.2 Å². The number of hydrogen-bond acceptors (Lipinski definition) is 7. The monoisotopic (exact) mass is 726 g/mol. The average molecular weight is 726 g/mol. The summed E-state index contributed by atoms with van der Waals surface area (Å²) >= 11 is 0. The molecule has 5 aliphatic heterocycles. The molecule has 0 aromatic carbocycles. The summed E-state index contributed by atoms with van der Waals surface area (Å²) in [5.41, 5.74) is 0. The summed E-state index contributed by atoms with van der Waals surface area (Å²) in [5.74, 6) is 0.324. The minimum Gasteiger partial charge on any atom is -0.448 e. The molecule has 296 valence electrons. The Hall–Kier alpha value is -3.49. The molecule has 0 saturated carbocycles. The molecule has 5 saturated heterocycles. The third-order valence-electron chi connectivity index (χ3n) is 9.10. The predicted molar refractivity (Wildman–Crippen MR) is 202 cm³/mol. The second-order valence-electron chi connectivity index (χ2n) is 15.1. The fourth-order valence-corrected chi connectivity index (χ4v) is 5.82. The highest BCUT2D eigenvalue weighted by molar-refractivity contribution is 5.78. The van der Waals surface area contributed by atoms with Crippen molar-refractivity contribution < 1.29 is 28.7 Å². The number of hydrogen-bond donors (Lipinski definition) is 1. The van der Waals surface area contributed by atoms with Crippen LogP contribution in [0.5, 0.6) is 0 Å². The van der Waals surface area contributed by atoms with E-state index >= 15 is 0 Å². The van der Waals surface area contributed by atoms with Gasteiger partial charge in [-0.2, -0.15) is 0 Å². The Balaban J connectivity index is 0.000000323. The topological polar surface area (TPSA) is 133 Å². The number of ether oxygens (including phenoxy) is 1. The molecule has 5 rings (SSSR count). The molecule has 5 heterocycles. The molecule has 51 heavy (non-hydrogen) atoms. The Morgan fingerprint density at radius 1 is 0.627 bits per heavy atom. The summed E-state index contributed by atoms with van der Waals surface area (Å²) in [6.07, 6.45) is 1.64. The zero-order valence-corrected chi connectivity index (χ0v) is 34.1. The first-order valence-corrected chi connectivity index (χ1v) is 18.8. The number of likely N-dealkylation sites (N-methyl/N-ethyl adjacent to an activating group) is 2. The molecule has 15 heteroatoms. The molecule has 0 aromatic heterocycles. The molecule has 0 atom stereocenters. The van der Waals surface area contributed by atoms with Gasteiger partial charge in [0, 0.05) is 103 Å². The van der Waals surface area contributed by atoms with Gasteiger partial charge in [0.2, 0.25) is 5.91 Å². The molecule has 5 fully saturated rings. The average Bonchev–Trinajstić information content (AvgIpc) is 3.88. The van der Waals surface area contributed by atoms with E-state index in [2.05, 4.69) is 37.9 Å². The van der Waals surface area contributed by atoms with E-state index in [-0.39, 0.29) is 30.2 Å². The summed E-state index contributed by atoms with van der Waals surface area (Å²) in [6.45, 7) is 29.5. The first-order chi connectivity index (χ1) is 23.8. The van der Waals surface area contributed by atoms with Crippen LogP contribution >= 0.6 is 0 Å². The second-order valence-corrected chi connectivity index (χ2v) is 15.1. The van der Waals surface area contributed by atoms with Crippen molar-refractivity contribution >= 4 is 30.1 Å². The summed E-state index contributed by atoms with van der Waals surface area (Å²) in [6, 6.07) is 2.12. The van der Waals surface area contributed by atoms with Gasteiger partial charge in [0.15, 0.2) is 0 Å². The SMILES string of the molecule is CC(C)N1CCCC1=O.CC(C)N1CCN(C)C1=O.CC(C)N1CCN(CCN(C)C)C1=O.CC(C)N1CCNC1=O.CC(C)N1CCOC1=O. The molecule has 0 aromatic rings. The van der Waals surface area contributed by atoms with Gasteiger partial charge >= 0.3 is 24.2 Å². The van der Waals surface area contributed by atoms with E-state index in [4.69, 9.17) is 4.74 Å². The van der Waals surface area contributed by atoms with Crippen molar-refractivity contribution in [3.8, 4) is 0 Å². The largest absolute Gasteiger partial charge is 0.448 e. The molecule has 0 aliphatic carbocycles. The number of rotatable bonds is 8. The van der Waals surface area contributed by atoms with Crippen LogP contribution in [0.1, 0.15) is 82.1 Å². The van der Waals surface area contributed by atoms with E-state index in [1.165, 1.54) is 0 Å². The fraction of sp³-hybridized carbons (Fsp3) is 0.861. The summed E-state index contributed by atoms with van der Waals surface area (Å²) in [4.78, 5) is 70.5. The molecule has 8 amide bonds. The summed E-state index contributed by atoms with van der Waals surface area (Å²) < 4.78 is 4.71. The van der Waals surface area contributed by atoms with Gasteiger partial charge in [0.05, 0.1) is 6.54 Å². The van der Waals surface area contributed by atoms with Gasteiger partial charge in [-0.05, 0) is 89.8 Å². The van der Waals surface area contributed by atoms with E-state index < -0.39 is 0 Å². The molecule has 5 aliphatic rings. The van der Waals surface area contributed by atoms with Crippen LogP contribution in [0.4, 0.5) is 19.2 Å². The zero-order chi connectivity index (χ0) is 39.0. The van der Waals surface area contributed by atoms with Gasteiger partial charge < -0.3 is 49.3 Å². The first-order valence-electron chi connectivity index (χ1n) is 18.8. The predicted octanol–water partition coefficient (Wildman–Crippen LogP) is 3.74. The molecule has 0 radical (unpaired) electrons. The van der Waals surface area contributed by atoms with E-state index in [9.17, 15) is 24.0 Å². The van der Waals surface area contributed by atoms with Crippen molar-refractivity contribution in [3.05, 3.63) is 0 Å². The molecular formula is C36H71N9O6. The zero-order valence-electron chi connectivity index (χ0n) is 34.1. The minimum absolute atomic E-state index is 0.0741. The van der Waals surface area contributed by atoms with Crippen LogP contribution in [0.2, 0.25) is 0 Å². The molecular weight excluding hydrogens is 654 g/mol. The van der Waals surface area contributed by atoms with Gasteiger partial charge in [-0.3, -0.25) is 4.79 Å². The van der Waals surface area contributed by atoms with E-state index in [1.54, 1.807) is 9.80 Å². The fourth-order valence-electron chi connectivity index (χ4n) is 5.82. The smallest absolute Gasteiger partial charge is 0.410 e. The van der Waals surface area contributed by atoms with Crippen LogP contribution in [0.15, 0.2) is 0 Å². The van der Waals surface area contributed by atoms with Crippen LogP contribution in [0.3, 0.4) is 0 Å². The standard InChI is InChI=1S/C10H21N3O.C7H14N2O.C7H13NO.C6H12N2O.C6H11NO2/c1-9(2)13-8-7-12(10(13)14)6-5-11(3)4;1-6(2)9-5-4-8(3)7(9)10;1-6(2)8-5-3-4-7(8)9;1-5(2)8-4-3-7-6(8)9;1-5(2)7-3-4-9-6(7)8/h9H,5-8H2,1-4H3;6H,4-5H2,1-3H3;6H,3-5H2,1-2H3;5H,3-4H2,1-2H3,(H,7,9);5H,3-4H2,1-2H3. The van der Waals surface area contributed by atoms with Crippen LogP contribution in [-0.4, -0.2) is 193 Å². The maximum Gasteiger partial charge on any atom is 0.410 e. The number of nitrogens with one attached hydrogen (secondary N) is 1. The molecule has 0 bridgehead atoms. The Kier molecular flexibility index (Phi) is 20.0. The third kappa shape index (κ3) is 15.3. The minimum atomic E-state index is -0.176. The van der Waals surface area contributed by atoms with Crippen molar-refractivity contribution in [2.75, 3.05) is 93.2 Å². The lowest BCUT2D eigenvalue weighted by molar-refractivity contribution is -0.129. The first kappa shape index (κ1) is 45.5. The van der Waals surface area contributed by atoms with Gasteiger partial charge in [-0.1, -0.05) is 0 Å². The lowest BCUT2D eigenvalue weighted by atomic mass is 10.3. The highest BCUT2D eigenvalue weighted by atomic mass is 16.6. The van der Waals surface area contributed by atoms with Crippen LogP contribution < -0.4 is 5.32 Å².